The van der Waals surface area contributed by atoms with E-state index in [1.54, 1.807) is 6.92 Å². The highest BCUT2D eigenvalue weighted by Crippen LogP contribution is 1.90. The van der Waals surface area contributed by atoms with Crippen LogP contribution in [0.2, 0.25) is 0 Å². The van der Waals surface area contributed by atoms with Crippen molar-refractivity contribution in [3.63, 3.8) is 0 Å². The molecule has 0 aromatic rings. The van der Waals surface area contributed by atoms with E-state index >= 15 is 0 Å². The van der Waals surface area contributed by atoms with Crippen LogP contribution in [0.4, 0.5) is 0 Å². The lowest BCUT2D eigenvalue weighted by molar-refractivity contribution is -0.145. The Hall–Kier alpha value is -0.220. The third-order valence-corrected chi connectivity index (χ3v) is 1.03. The zero-order valence-electron chi connectivity index (χ0n) is 5.91. The minimum absolute atomic E-state index is 0.0760. The van der Waals surface area contributed by atoms with Crippen LogP contribution in [-0.4, -0.2) is 29.5 Å². The molecule has 1 atom stereocenters. The maximum Gasteiger partial charge on any atom is 0.306 e. The Bertz CT molecular complexity index is 103. The summed E-state index contributed by atoms with van der Waals surface area (Å²) in [6.45, 7) is 1.64. The zero-order chi connectivity index (χ0) is 7.98. The average Bonchev–Trinajstić information content (AvgIpc) is 1.85. The second-order valence-electron chi connectivity index (χ2n) is 2.01. The first-order valence-corrected chi connectivity index (χ1v) is 3.74. The maximum atomic E-state index is 10.6. The Morgan fingerprint density at radius 1 is 1.80 bits per heavy atom. The van der Waals surface area contributed by atoms with Gasteiger partial charge >= 0.3 is 5.97 Å². The number of aliphatic hydroxyl groups is 1. The maximum absolute atomic E-state index is 10.6. The van der Waals surface area contributed by atoms with E-state index in [-0.39, 0.29) is 12.6 Å². The van der Waals surface area contributed by atoms with Crippen LogP contribution in [0.1, 0.15) is 13.3 Å². The molecular formula is C6H12O3S. The van der Waals surface area contributed by atoms with E-state index in [1.165, 1.54) is 0 Å². The van der Waals surface area contributed by atoms with Gasteiger partial charge in [0.2, 0.25) is 0 Å². The number of rotatable bonds is 4. The summed E-state index contributed by atoms with van der Waals surface area (Å²) in [5, 5.41) is 8.67. The molecule has 4 heteroatoms. The normalized spacial score (nSPS) is 12.7. The molecule has 1 N–H and O–H groups in total. The van der Waals surface area contributed by atoms with Crippen LogP contribution in [-0.2, 0) is 9.53 Å². The summed E-state index contributed by atoms with van der Waals surface area (Å²) in [5.74, 6) is 0.175. The molecular weight excluding hydrogens is 152 g/mol. The fourth-order valence-corrected chi connectivity index (χ4v) is 0.560. The van der Waals surface area contributed by atoms with E-state index < -0.39 is 6.10 Å². The summed E-state index contributed by atoms with van der Waals surface area (Å²) in [6, 6.07) is 0. The van der Waals surface area contributed by atoms with Crippen molar-refractivity contribution < 1.29 is 14.6 Å². The van der Waals surface area contributed by atoms with Gasteiger partial charge in [-0.1, -0.05) is 0 Å². The van der Waals surface area contributed by atoms with Gasteiger partial charge in [-0.25, -0.2) is 0 Å². The van der Waals surface area contributed by atoms with E-state index in [0.29, 0.717) is 12.2 Å². The summed E-state index contributed by atoms with van der Waals surface area (Å²) in [7, 11) is 0. The lowest BCUT2D eigenvalue weighted by Crippen LogP contribution is -2.15. The van der Waals surface area contributed by atoms with Crippen LogP contribution in [0, 0.1) is 0 Å². The van der Waals surface area contributed by atoms with Crippen LogP contribution in [0.15, 0.2) is 0 Å². The molecule has 0 radical (unpaired) electrons. The minimum Gasteiger partial charge on any atom is -0.463 e. The number of aliphatic hydroxyl groups excluding tert-OH is 1. The first kappa shape index (κ1) is 9.78. The van der Waals surface area contributed by atoms with Gasteiger partial charge in [-0.15, -0.1) is 0 Å². The molecule has 0 spiro atoms. The second-order valence-corrected chi connectivity index (χ2v) is 2.45. The number of carbonyl (C=O) groups is 1. The highest BCUT2D eigenvalue weighted by atomic mass is 32.1. The van der Waals surface area contributed by atoms with Crippen molar-refractivity contribution in [3.05, 3.63) is 0 Å². The zero-order valence-corrected chi connectivity index (χ0v) is 6.80. The predicted molar refractivity (Wildman–Crippen MR) is 41.1 cm³/mol. The first-order chi connectivity index (χ1) is 4.66. The van der Waals surface area contributed by atoms with Crippen LogP contribution < -0.4 is 0 Å². The summed E-state index contributed by atoms with van der Waals surface area (Å²) in [4.78, 5) is 10.6. The smallest absolute Gasteiger partial charge is 0.306 e. The van der Waals surface area contributed by atoms with Crippen LogP contribution in [0.3, 0.4) is 0 Å². The molecule has 0 aliphatic carbocycles. The van der Waals surface area contributed by atoms with Crippen molar-refractivity contribution in [2.45, 2.75) is 19.4 Å². The molecule has 0 saturated carbocycles. The third-order valence-electron chi connectivity index (χ3n) is 0.801. The van der Waals surface area contributed by atoms with Gasteiger partial charge in [-0.3, -0.25) is 4.79 Å². The Kier molecular flexibility index (Phi) is 5.43. The van der Waals surface area contributed by atoms with Crippen molar-refractivity contribution in [2.24, 2.45) is 0 Å². The van der Waals surface area contributed by atoms with Crippen molar-refractivity contribution in [2.75, 3.05) is 12.4 Å². The van der Waals surface area contributed by atoms with Crippen molar-refractivity contribution in [1.29, 1.82) is 0 Å². The average molecular weight is 164 g/mol. The molecule has 0 aromatic carbocycles. The van der Waals surface area contributed by atoms with Gasteiger partial charge in [-0.05, 0) is 6.92 Å². The summed E-state index contributed by atoms with van der Waals surface area (Å²) >= 11 is 3.84. The van der Waals surface area contributed by atoms with Gasteiger partial charge in [-0.2, -0.15) is 12.6 Å². The molecule has 3 nitrogen and oxygen atoms in total. The summed E-state index contributed by atoms with van der Waals surface area (Å²) < 4.78 is 4.61. The fraction of sp³-hybridized carbons (Fsp3) is 0.833. The molecule has 10 heavy (non-hydrogen) atoms. The Morgan fingerprint density at radius 3 is 2.80 bits per heavy atom. The molecule has 0 heterocycles. The van der Waals surface area contributed by atoms with Gasteiger partial charge in [0.15, 0.2) is 0 Å². The molecule has 0 aliphatic rings. The van der Waals surface area contributed by atoms with E-state index in [0.717, 1.165) is 0 Å². The van der Waals surface area contributed by atoms with Gasteiger partial charge in [0.1, 0.15) is 6.61 Å². The molecule has 0 bridgehead atoms. The van der Waals surface area contributed by atoms with Crippen LogP contribution in [0.5, 0.6) is 0 Å². The molecule has 0 rings (SSSR count). The molecule has 0 fully saturated rings. The summed E-state index contributed by atoms with van der Waals surface area (Å²) in [5.41, 5.74) is 0. The monoisotopic (exact) mass is 164 g/mol. The van der Waals surface area contributed by atoms with Crippen molar-refractivity contribution >= 4 is 18.6 Å². The number of hydrogen-bond acceptors (Lipinski definition) is 4. The number of hydrogen-bond donors (Lipinski definition) is 2. The number of thiol groups is 1. The Balaban J connectivity index is 3.22. The predicted octanol–water partition coefficient (Wildman–Crippen LogP) is 0.230. The highest BCUT2D eigenvalue weighted by molar-refractivity contribution is 7.80. The second kappa shape index (κ2) is 5.56. The SMILES string of the molecule is CC(O)COC(=O)CCS. The summed E-state index contributed by atoms with van der Waals surface area (Å²) in [6.07, 6.45) is -0.278. The van der Waals surface area contributed by atoms with Gasteiger partial charge in [0.25, 0.3) is 0 Å². The lowest BCUT2D eigenvalue weighted by Gasteiger charge is -2.04. The number of ether oxygens (including phenoxy) is 1. The molecule has 0 aromatic heterocycles. The number of carbonyl (C=O) groups excluding carboxylic acids is 1. The van der Waals surface area contributed by atoms with Crippen molar-refractivity contribution in [3.8, 4) is 0 Å². The van der Waals surface area contributed by atoms with Gasteiger partial charge in [0.05, 0.1) is 12.5 Å². The van der Waals surface area contributed by atoms with E-state index in [1.807, 2.05) is 0 Å². The largest absolute Gasteiger partial charge is 0.463 e. The molecule has 0 amide bonds. The first-order valence-electron chi connectivity index (χ1n) is 3.11. The van der Waals surface area contributed by atoms with Crippen LogP contribution >= 0.6 is 12.6 Å². The molecule has 0 saturated heterocycles. The Labute approximate surface area is 65.8 Å². The van der Waals surface area contributed by atoms with E-state index in [9.17, 15) is 4.79 Å². The van der Waals surface area contributed by atoms with E-state index in [4.69, 9.17) is 5.11 Å². The lowest BCUT2D eigenvalue weighted by atomic mass is 10.4. The number of esters is 1. The van der Waals surface area contributed by atoms with Gasteiger partial charge in [0, 0.05) is 5.75 Å². The minimum atomic E-state index is -0.580. The fourth-order valence-electron chi connectivity index (χ4n) is 0.377. The topological polar surface area (TPSA) is 46.5 Å². The van der Waals surface area contributed by atoms with Crippen molar-refractivity contribution in [1.82, 2.24) is 0 Å². The molecule has 0 aliphatic heterocycles. The highest BCUT2D eigenvalue weighted by Gasteiger charge is 2.02. The third kappa shape index (κ3) is 5.91. The quantitative estimate of drug-likeness (QED) is 0.462. The molecule has 1 unspecified atom stereocenters. The van der Waals surface area contributed by atoms with Crippen LogP contribution in [0.25, 0.3) is 0 Å². The van der Waals surface area contributed by atoms with Gasteiger partial charge < -0.3 is 9.84 Å². The van der Waals surface area contributed by atoms with E-state index in [2.05, 4.69) is 17.4 Å². The molecule has 60 valence electrons. The standard InChI is InChI=1S/C6H12O3S/c1-5(7)4-9-6(8)2-3-10/h5,7,10H,2-4H2,1H3. The Morgan fingerprint density at radius 2 is 2.40 bits per heavy atom.